The number of hydrogen-bond acceptors (Lipinski definition) is 5. The maximum atomic E-state index is 11.4. The van der Waals surface area contributed by atoms with E-state index in [4.69, 9.17) is 4.74 Å². The smallest absolute Gasteiger partial charge is 0.143 e. The van der Waals surface area contributed by atoms with Crippen LogP contribution in [0.4, 0.5) is 11.4 Å². The molecule has 6 nitrogen and oxygen atoms in total. The van der Waals surface area contributed by atoms with E-state index in [0.717, 1.165) is 5.69 Å². The Morgan fingerprint density at radius 3 is 1.81 bits per heavy atom. The Labute approximate surface area is 159 Å². The largest absolute Gasteiger partial charge is 0.746 e. The second kappa shape index (κ2) is 9.72. The first-order chi connectivity index (χ1) is 12.9. The van der Waals surface area contributed by atoms with Crippen molar-refractivity contribution < 1.29 is 23.4 Å². The van der Waals surface area contributed by atoms with Crippen LogP contribution >= 0.6 is 0 Å². The molecule has 3 aromatic rings. The standard InChI is InChI=1S/C14H15NO4S.C6H7N/c1-19-13-9-7-11(8-10-13)14(20(16,17)18)15-12-5-3-2-4-6-12;7-6-4-2-1-3-5-6/h2-10,14-15H,1H3,(H,16,17,18);1-5H,7H2. The van der Waals surface area contributed by atoms with Gasteiger partial charge in [-0.2, -0.15) is 0 Å². The van der Waals surface area contributed by atoms with Gasteiger partial charge in [0.05, 0.1) is 7.11 Å². The Kier molecular flexibility index (Phi) is 7.36. The third kappa shape index (κ3) is 6.74. The molecule has 0 saturated carbocycles. The summed E-state index contributed by atoms with van der Waals surface area (Å²) < 4.78 is 39.3. The van der Waals surface area contributed by atoms with E-state index < -0.39 is 15.5 Å². The van der Waals surface area contributed by atoms with Crippen LogP contribution in [0.25, 0.3) is 0 Å². The maximum Gasteiger partial charge on any atom is 0.143 e. The van der Waals surface area contributed by atoms with Crippen LogP contribution in [0.3, 0.4) is 0 Å². The second-order valence-corrected chi connectivity index (χ2v) is 7.10. The van der Waals surface area contributed by atoms with Crippen LogP contribution in [0, 0.1) is 0 Å². The van der Waals surface area contributed by atoms with Crippen LogP contribution in [-0.4, -0.2) is 20.1 Å². The van der Waals surface area contributed by atoms with Gasteiger partial charge in [-0.15, -0.1) is 0 Å². The molecule has 3 rings (SSSR count). The molecule has 0 amide bonds. The van der Waals surface area contributed by atoms with Crippen molar-refractivity contribution in [1.82, 2.24) is 0 Å². The minimum Gasteiger partial charge on any atom is -0.746 e. The van der Waals surface area contributed by atoms with Gasteiger partial charge in [0.2, 0.25) is 0 Å². The molecule has 0 aliphatic heterocycles. The lowest BCUT2D eigenvalue weighted by Gasteiger charge is -2.23. The number of benzene rings is 3. The fraction of sp³-hybridized carbons (Fsp3) is 0.100. The molecule has 0 aromatic heterocycles. The van der Waals surface area contributed by atoms with Crippen molar-refractivity contribution in [2.45, 2.75) is 5.37 Å². The van der Waals surface area contributed by atoms with Crippen LogP contribution in [-0.2, 0) is 10.1 Å². The van der Waals surface area contributed by atoms with Gasteiger partial charge in [-0.1, -0.05) is 48.5 Å². The van der Waals surface area contributed by atoms with Crippen molar-refractivity contribution >= 4 is 21.5 Å². The second-order valence-electron chi connectivity index (χ2n) is 5.64. The van der Waals surface area contributed by atoms with Crippen LogP contribution in [0.2, 0.25) is 0 Å². The Bertz CT molecular complexity index is 915. The molecule has 7 heteroatoms. The van der Waals surface area contributed by atoms with Crippen LogP contribution < -0.4 is 15.8 Å². The van der Waals surface area contributed by atoms with Crippen molar-refractivity contribution in [1.29, 1.82) is 0 Å². The van der Waals surface area contributed by atoms with Crippen molar-refractivity contribution in [2.24, 2.45) is 0 Å². The quantitative estimate of drug-likeness (QED) is 0.656. The SMILES string of the molecule is COc1ccc(C(Nc2ccccc2)S(=O)(=O)[O-])cc1.[NH3+]c1ccccc1. The van der Waals surface area contributed by atoms with E-state index >= 15 is 0 Å². The van der Waals surface area contributed by atoms with Crippen molar-refractivity contribution in [3.05, 3.63) is 90.5 Å². The highest BCUT2D eigenvalue weighted by Gasteiger charge is 2.18. The fourth-order valence-electron chi connectivity index (χ4n) is 2.26. The highest BCUT2D eigenvalue weighted by atomic mass is 32.2. The molecule has 27 heavy (non-hydrogen) atoms. The molecule has 3 aromatic carbocycles. The monoisotopic (exact) mass is 386 g/mol. The average Bonchev–Trinajstić information content (AvgIpc) is 2.67. The van der Waals surface area contributed by atoms with Gasteiger partial charge < -0.3 is 20.3 Å². The number of quaternary nitrogens is 1. The molecule has 1 unspecified atom stereocenters. The Morgan fingerprint density at radius 1 is 0.889 bits per heavy atom. The van der Waals surface area contributed by atoms with Gasteiger partial charge in [0.1, 0.15) is 26.9 Å². The van der Waals surface area contributed by atoms with Crippen LogP contribution in [0.1, 0.15) is 10.9 Å². The minimum atomic E-state index is -4.54. The summed E-state index contributed by atoms with van der Waals surface area (Å²) in [6, 6.07) is 24.9. The summed E-state index contributed by atoms with van der Waals surface area (Å²) in [5, 5.41) is 1.39. The third-order valence-electron chi connectivity index (χ3n) is 3.62. The molecule has 4 N–H and O–H groups in total. The molecular formula is C20H22N2O4S. The van der Waals surface area contributed by atoms with Gasteiger partial charge in [0.15, 0.2) is 0 Å². The normalized spacial score (nSPS) is 11.7. The van der Waals surface area contributed by atoms with Crippen molar-refractivity contribution in [3.63, 3.8) is 0 Å². The van der Waals surface area contributed by atoms with Crippen molar-refractivity contribution in [3.8, 4) is 5.75 Å². The highest BCUT2D eigenvalue weighted by Crippen LogP contribution is 2.25. The number of anilines is 1. The molecule has 142 valence electrons. The molecule has 0 heterocycles. The molecule has 0 fully saturated rings. The maximum absolute atomic E-state index is 11.4. The molecule has 0 saturated heterocycles. The summed E-state index contributed by atoms with van der Waals surface area (Å²) >= 11 is 0. The third-order valence-corrected chi connectivity index (χ3v) is 4.59. The van der Waals surface area contributed by atoms with Gasteiger partial charge in [0.25, 0.3) is 0 Å². The lowest BCUT2D eigenvalue weighted by molar-refractivity contribution is -0.254. The molecule has 0 spiro atoms. The number of para-hydroxylation sites is 1. The van der Waals surface area contributed by atoms with E-state index in [0.29, 0.717) is 17.0 Å². The summed E-state index contributed by atoms with van der Waals surface area (Å²) in [6.45, 7) is 0. The molecular weight excluding hydrogens is 364 g/mol. The number of nitrogens with one attached hydrogen (secondary N) is 1. The zero-order valence-corrected chi connectivity index (χ0v) is 15.7. The first-order valence-electron chi connectivity index (χ1n) is 8.17. The Balaban J connectivity index is 0.000000313. The zero-order valence-electron chi connectivity index (χ0n) is 14.9. The van der Waals surface area contributed by atoms with E-state index in [-0.39, 0.29) is 0 Å². The van der Waals surface area contributed by atoms with Gasteiger partial charge in [-0.05, 0) is 42.0 Å². The van der Waals surface area contributed by atoms with E-state index in [1.165, 1.54) is 7.11 Å². The molecule has 0 aliphatic rings. The topological polar surface area (TPSA) is 106 Å². The predicted octanol–water partition coefficient (Wildman–Crippen LogP) is 2.91. The zero-order chi connectivity index (χ0) is 19.7. The number of ether oxygens (including phenoxy) is 1. The fourth-order valence-corrected chi connectivity index (χ4v) is 3.04. The van der Waals surface area contributed by atoms with E-state index in [9.17, 15) is 13.0 Å². The minimum absolute atomic E-state index is 0.365. The van der Waals surface area contributed by atoms with Gasteiger partial charge in [-0.3, -0.25) is 0 Å². The van der Waals surface area contributed by atoms with Gasteiger partial charge in [0, 0.05) is 5.69 Å². The molecule has 1 atom stereocenters. The summed E-state index contributed by atoms with van der Waals surface area (Å²) in [7, 11) is -3.02. The highest BCUT2D eigenvalue weighted by molar-refractivity contribution is 7.86. The Morgan fingerprint density at radius 2 is 1.41 bits per heavy atom. The van der Waals surface area contributed by atoms with Gasteiger partial charge >= 0.3 is 0 Å². The summed E-state index contributed by atoms with van der Waals surface area (Å²) in [4.78, 5) is 0. The average molecular weight is 386 g/mol. The predicted molar refractivity (Wildman–Crippen MR) is 104 cm³/mol. The van der Waals surface area contributed by atoms with E-state index in [2.05, 4.69) is 11.1 Å². The number of hydrogen-bond donors (Lipinski definition) is 2. The Hall–Kier alpha value is -2.87. The van der Waals surface area contributed by atoms with E-state index in [1.807, 2.05) is 30.3 Å². The lowest BCUT2D eigenvalue weighted by Crippen LogP contribution is -2.39. The lowest BCUT2D eigenvalue weighted by atomic mass is 10.2. The van der Waals surface area contributed by atoms with Crippen LogP contribution in [0.15, 0.2) is 84.9 Å². The van der Waals surface area contributed by atoms with Crippen molar-refractivity contribution in [2.75, 3.05) is 12.4 Å². The summed E-state index contributed by atoms with van der Waals surface area (Å²) in [6.07, 6.45) is 0. The number of methoxy groups -OCH3 is 1. The summed E-state index contributed by atoms with van der Waals surface area (Å²) in [5.41, 5.74) is 5.72. The molecule has 0 aliphatic carbocycles. The first-order valence-corrected chi connectivity index (χ1v) is 9.64. The molecule has 0 radical (unpaired) electrons. The van der Waals surface area contributed by atoms with Gasteiger partial charge in [-0.25, -0.2) is 8.42 Å². The van der Waals surface area contributed by atoms with Crippen LogP contribution in [0.5, 0.6) is 5.75 Å². The summed E-state index contributed by atoms with van der Waals surface area (Å²) in [5.74, 6) is 0.593. The first kappa shape index (κ1) is 20.4. The number of rotatable bonds is 5. The molecule has 0 bridgehead atoms. The van der Waals surface area contributed by atoms with E-state index in [1.54, 1.807) is 54.6 Å².